The summed E-state index contributed by atoms with van der Waals surface area (Å²) < 4.78 is 0. The Hall–Kier alpha value is -0.480. The molecule has 0 saturated carbocycles. The van der Waals surface area contributed by atoms with Crippen molar-refractivity contribution < 1.29 is 0 Å². The summed E-state index contributed by atoms with van der Waals surface area (Å²) >= 11 is 0. The SMILES string of the molecule is C=C=CCC(C)(C)CC. The number of rotatable bonds is 3. The van der Waals surface area contributed by atoms with Crippen molar-refractivity contribution in [3.63, 3.8) is 0 Å². The fraction of sp³-hybridized carbons (Fsp3) is 0.667. The van der Waals surface area contributed by atoms with Crippen LogP contribution in [0, 0.1) is 5.41 Å². The molecule has 0 amide bonds. The molecule has 0 heteroatoms. The van der Waals surface area contributed by atoms with E-state index in [-0.39, 0.29) is 0 Å². The van der Waals surface area contributed by atoms with E-state index in [1.807, 2.05) is 6.08 Å². The molecule has 0 aliphatic heterocycles. The minimum Gasteiger partial charge on any atom is -0.133 e. The monoisotopic (exact) mass is 124 g/mol. The summed E-state index contributed by atoms with van der Waals surface area (Å²) in [6.45, 7) is 10.2. The molecule has 9 heavy (non-hydrogen) atoms. The predicted octanol–water partition coefficient (Wildman–Crippen LogP) is 3.15. The Morgan fingerprint density at radius 3 is 2.44 bits per heavy atom. The lowest BCUT2D eigenvalue weighted by atomic mass is 9.87. The Kier molecular flexibility index (Phi) is 3.34. The molecule has 0 radical (unpaired) electrons. The molecule has 0 aromatic heterocycles. The van der Waals surface area contributed by atoms with Crippen LogP contribution in [-0.2, 0) is 0 Å². The van der Waals surface area contributed by atoms with Crippen LogP contribution in [0.25, 0.3) is 0 Å². The number of allylic oxidation sites excluding steroid dienone is 1. The first kappa shape index (κ1) is 8.52. The van der Waals surface area contributed by atoms with Crippen LogP contribution in [0.2, 0.25) is 0 Å². The molecule has 0 fully saturated rings. The lowest BCUT2D eigenvalue weighted by Crippen LogP contribution is -2.06. The van der Waals surface area contributed by atoms with Crippen LogP contribution in [-0.4, -0.2) is 0 Å². The quantitative estimate of drug-likeness (QED) is 0.507. The van der Waals surface area contributed by atoms with Crippen LogP contribution >= 0.6 is 0 Å². The first-order valence-electron chi connectivity index (χ1n) is 3.46. The molecule has 0 aliphatic rings. The third-order valence-corrected chi connectivity index (χ3v) is 1.76. The van der Waals surface area contributed by atoms with Crippen molar-refractivity contribution in [2.45, 2.75) is 33.6 Å². The molecule has 0 aromatic rings. The molecule has 0 atom stereocenters. The van der Waals surface area contributed by atoms with Gasteiger partial charge in [-0.1, -0.05) is 33.8 Å². The maximum Gasteiger partial charge on any atom is -0.0223 e. The van der Waals surface area contributed by atoms with Crippen molar-refractivity contribution in [3.8, 4) is 0 Å². The smallest absolute Gasteiger partial charge is 0.0223 e. The Balaban J connectivity index is 3.71. The summed E-state index contributed by atoms with van der Waals surface area (Å²) in [7, 11) is 0. The predicted molar refractivity (Wildman–Crippen MR) is 42.4 cm³/mol. The van der Waals surface area contributed by atoms with E-state index in [4.69, 9.17) is 0 Å². The molecule has 0 unspecified atom stereocenters. The molecule has 52 valence electrons. The number of hydrogen-bond donors (Lipinski definition) is 0. The van der Waals surface area contributed by atoms with E-state index < -0.39 is 0 Å². The van der Waals surface area contributed by atoms with Gasteiger partial charge in [0.25, 0.3) is 0 Å². The summed E-state index contributed by atoms with van der Waals surface area (Å²) in [5.74, 6) is 0. The fourth-order valence-corrected chi connectivity index (χ4v) is 0.493. The highest BCUT2D eigenvalue weighted by atomic mass is 14.2. The van der Waals surface area contributed by atoms with E-state index in [9.17, 15) is 0 Å². The van der Waals surface area contributed by atoms with E-state index in [2.05, 4.69) is 33.1 Å². The van der Waals surface area contributed by atoms with Crippen LogP contribution in [0.3, 0.4) is 0 Å². The third-order valence-electron chi connectivity index (χ3n) is 1.76. The molecule has 0 N–H and O–H groups in total. The minimum atomic E-state index is 0.435. The minimum absolute atomic E-state index is 0.435. The van der Waals surface area contributed by atoms with Gasteiger partial charge in [0.2, 0.25) is 0 Å². The molecular weight excluding hydrogens is 108 g/mol. The van der Waals surface area contributed by atoms with E-state index >= 15 is 0 Å². The lowest BCUT2D eigenvalue weighted by molar-refractivity contribution is 0.357. The van der Waals surface area contributed by atoms with Crippen molar-refractivity contribution in [1.29, 1.82) is 0 Å². The number of hydrogen-bond acceptors (Lipinski definition) is 0. The van der Waals surface area contributed by atoms with E-state index in [1.54, 1.807) is 0 Å². The zero-order valence-corrected chi connectivity index (χ0v) is 6.70. The van der Waals surface area contributed by atoms with Gasteiger partial charge in [0.05, 0.1) is 0 Å². The van der Waals surface area contributed by atoms with Crippen molar-refractivity contribution in [2.24, 2.45) is 5.41 Å². The summed E-state index contributed by atoms with van der Waals surface area (Å²) in [5, 5.41) is 0. The highest BCUT2D eigenvalue weighted by Gasteiger charge is 2.11. The Morgan fingerprint density at radius 1 is 1.56 bits per heavy atom. The van der Waals surface area contributed by atoms with E-state index in [0.29, 0.717) is 5.41 Å². The van der Waals surface area contributed by atoms with Gasteiger partial charge in [0.15, 0.2) is 0 Å². The Morgan fingerprint density at radius 2 is 2.11 bits per heavy atom. The van der Waals surface area contributed by atoms with E-state index in [0.717, 1.165) is 6.42 Å². The van der Waals surface area contributed by atoms with Crippen LogP contribution in [0.5, 0.6) is 0 Å². The average Bonchev–Trinajstić information content (AvgIpc) is 1.84. The lowest BCUT2D eigenvalue weighted by Gasteiger charge is -2.19. The van der Waals surface area contributed by atoms with Gasteiger partial charge in [-0.3, -0.25) is 0 Å². The van der Waals surface area contributed by atoms with Crippen molar-refractivity contribution in [2.75, 3.05) is 0 Å². The van der Waals surface area contributed by atoms with Gasteiger partial charge in [-0.2, -0.15) is 0 Å². The van der Waals surface area contributed by atoms with E-state index in [1.165, 1.54) is 6.42 Å². The van der Waals surface area contributed by atoms with Gasteiger partial charge in [-0.15, -0.1) is 5.73 Å². The molecule has 0 rings (SSSR count). The first-order chi connectivity index (χ1) is 4.12. The molecule has 0 aromatic carbocycles. The second-order valence-corrected chi connectivity index (χ2v) is 3.13. The third kappa shape index (κ3) is 4.05. The second kappa shape index (κ2) is 3.53. The van der Waals surface area contributed by atoms with Crippen molar-refractivity contribution >= 4 is 0 Å². The van der Waals surface area contributed by atoms with Gasteiger partial charge in [-0.05, 0) is 17.9 Å². The first-order valence-corrected chi connectivity index (χ1v) is 3.46. The van der Waals surface area contributed by atoms with Crippen molar-refractivity contribution in [1.82, 2.24) is 0 Å². The topological polar surface area (TPSA) is 0 Å². The normalized spacial score (nSPS) is 10.6. The fourth-order valence-electron chi connectivity index (χ4n) is 0.493. The van der Waals surface area contributed by atoms with Gasteiger partial charge < -0.3 is 0 Å². The maximum absolute atomic E-state index is 3.52. The van der Waals surface area contributed by atoms with Crippen LogP contribution in [0.1, 0.15) is 33.6 Å². The highest BCUT2D eigenvalue weighted by Crippen LogP contribution is 2.24. The molecular formula is C9H16. The van der Waals surface area contributed by atoms with Crippen LogP contribution < -0.4 is 0 Å². The summed E-state index contributed by atoms with van der Waals surface area (Å²) in [6.07, 6.45) is 4.31. The molecule has 0 bridgehead atoms. The van der Waals surface area contributed by atoms with Crippen LogP contribution in [0.4, 0.5) is 0 Å². The van der Waals surface area contributed by atoms with Gasteiger partial charge in [0.1, 0.15) is 0 Å². The highest BCUT2D eigenvalue weighted by molar-refractivity contribution is 4.82. The standard InChI is InChI=1S/C9H16/c1-5-7-8-9(3,4)6-2/h7H,1,6,8H2,2-4H3. The molecule has 0 nitrogen and oxygen atoms in total. The zero-order chi connectivity index (χ0) is 7.33. The van der Waals surface area contributed by atoms with Gasteiger partial charge in [0, 0.05) is 0 Å². The zero-order valence-electron chi connectivity index (χ0n) is 6.70. The van der Waals surface area contributed by atoms with Crippen molar-refractivity contribution in [3.05, 3.63) is 18.4 Å². The molecule has 0 aliphatic carbocycles. The average molecular weight is 124 g/mol. The van der Waals surface area contributed by atoms with Gasteiger partial charge >= 0.3 is 0 Å². The second-order valence-electron chi connectivity index (χ2n) is 3.13. The van der Waals surface area contributed by atoms with Gasteiger partial charge in [-0.25, -0.2) is 0 Å². The largest absolute Gasteiger partial charge is 0.133 e. The molecule has 0 spiro atoms. The summed E-state index contributed by atoms with van der Waals surface area (Å²) in [4.78, 5) is 0. The summed E-state index contributed by atoms with van der Waals surface area (Å²) in [6, 6.07) is 0. The van der Waals surface area contributed by atoms with Crippen LogP contribution in [0.15, 0.2) is 18.4 Å². The Labute approximate surface area is 58.3 Å². The maximum atomic E-state index is 3.52. The molecule has 0 heterocycles. The Bertz CT molecular complexity index is 114. The molecule has 0 saturated heterocycles. The summed E-state index contributed by atoms with van der Waals surface area (Å²) in [5.41, 5.74) is 3.22.